The lowest BCUT2D eigenvalue weighted by molar-refractivity contribution is 0.325. The van der Waals surface area contributed by atoms with Gasteiger partial charge in [-0.25, -0.2) is 0 Å². The summed E-state index contributed by atoms with van der Waals surface area (Å²) in [6, 6.07) is 10.8. The standard InChI is InChI=1S/C14H22N2S/c15-13(8-11-16-9-4-5-10-16)12-17-14-6-2-1-3-7-14/h1-3,6-7,13H,4-5,8-12,15H2/t13-/m1/s1. The van der Waals surface area contributed by atoms with Crippen molar-refractivity contribution >= 4 is 11.8 Å². The van der Waals surface area contributed by atoms with Crippen LogP contribution >= 0.6 is 11.8 Å². The lowest BCUT2D eigenvalue weighted by Gasteiger charge is -2.17. The third-order valence-electron chi connectivity index (χ3n) is 3.22. The zero-order valence-corrected chi connectivity index (χ0v) is 11.2. The van der Waals surface area contributed by atoms with Crippen LogP contribution in [0.2, 0.25) is 0 Å². The Morgan fingerprint density at radius 3 is 2.59 bits per heavy atom. The van der Waals surface area contributed by atoms with Crippen LogP contribution < -0.4 is 5.73 Å². The highest BCUT2D eigenvalue weighted by Crippen LogP contribution is 2.18. The van der Waals surface area contributed by atoms with Gasteiger partial charge < -0.3 is 10.6 Å². The Bertz CT molecular complexity index is 309. The van der Waals surface area contributed by atoms with Crippen molar-refractivity contribution in [2.75, 3.05) is 25.4 Å². The number of rotatable bonds is 6. The summed E-state index contributed by atoms with van der Waals surface area (Å²) in [6.07, 6.45) is 3.86. The first-order valence-electron chi connectivity index (χ1n) is 6.50. The van der Waals surface area contributed by atoms with Crippen LogP contribution in [0.3, 0.4) is 0 Å². The maximum Gasteiger partial charge on any atom is 0.0146 e. The predicted octanol–water partition coefficient (Wildman–Crippen LogP) is 2.59. The van der Waals surface area contributed by atoms with Crippen molar-refractivity contribution in [3.05, 3.63) is 30.3 Å². The maximum atomic E-state index is 6.15. The van der Waals surface area contributed by atoms with Gasteiger partial charge in [-0.3, -0.25) is 0 Å². The quantitative estimate of drug-likeness (QED) is 0.787. The molecular formula is C14H22N2S. The van der Waals surface area contributed by atoms with E-state index in [0.717, 1.165) is 12.2 Å². The van der Waals surface area contributed by atoms with Crippen molar-refractivity contribution in [1.82, 2.24) is 4.90 Å². The minimum Gasteiger partial charge on any atom is -0.327 e. The van der Waals surface area contributed by atoms with Gasteiger partial charge in [0.1, 0.15) is 0 Å². The summed E-state index contributed by atoms with van der Waals surface area (Å²) in [4.78, 5) is 3.86. The molecule has 0 amide bonds. The van der Waals surface area contributed by atoms with Crippen molar-refractivity contribution in [1.29, 1.82) is 0 Å². The number of hydrogen-bond donors (Lipinski definition) is 1. The zero-order valence-electron chi connectivity index (χ0n) is 10.3. The van der Waals surface area contributed by atoms with E-state index in [4.69, 9.17) is 5.73 Å². The first-order valence-corrected chi connectivity index (χ1v) is 7.49. The second-order valence-electron chi connectivity index (χ2n) is 4.72. The second kappa shape index (κ2) is 7.04. The van der Waals surface area contributed by atoms with Gasteiger partial charge in [0.15, 0.2) is 0 Å². The summed E-state index contributed by atoms with van der Waals surface area (Å²) < 4.78 is 0. The number of likely N-dealkylation sites (tertiary alicyclic amines) is 1. The average molecular weight is 250 g/mol. The topological polar surface area (TPSA) is 29.3 Å². The number of hydrogen-bond acceptors (Lipinski definition) is 3. The van der Waals surface area contributed by atoms with Gasteiger partial charge in [-0.1, -0.05) is 18.2 Å². The molecule has 2 nitrogen and oxygen atoms in total. The Kier molecular flexibility index (Phi) is 5.36. The molecule has 3 heteroatoms. The van der Waals surface area contributed by atoms with Crippen molar-refractivity contribution in [3.63, 3.8) is 0 Å². The third-order valence-corrected chi connectivity index (χ3v) is 4.42. The zero-order chi connectivity index (χ0) is 11.9. The van der Waals surface area contributed by atoms with E-state index in [1.54, 1.807) is 0 Å². The highest BCUT2D eigenvalue weighted by molar-refractivity contribution is 7.99. The summed E-state index contributed by atoms with van der Waals surface area (Å²) in [5.74, 6) is 1.03. The minimum absolute atomic E-state index is 0.320. The molecule has 1 atom stereocenters. The van der Waals surface area contributed by atoms with Crippen molar-refractivity contribution in [3.8, 4) is 0 Å². The average Bonchev–Trinajstić information content (AvgIpc) is 2.88. The number of benzene rings is 1. The Balaban J connectivity index is 1.62. The monoisotopic (exact) mass is 250 g/mol. The fraction of sp³-hybridized carbons (Fsp3) is 0.571. The van der Waals surface area contributed by atoms with Crippen LogP contribution in [-0.4, -0.2) is 36.3 Å². The van der Waals surface area contributed by atoms with E-state index < -0.39 is 0 Å². The molecule has 94 valence electrons. The molecule has 0 radical (unpaired) electrons. The Hall–Kier alpha value is -0.510. The smallest absolute Gasteiger partial charge is 0.0146 e. The molecule has 0 aliphatic carbocycles. The molecule has 1 aromatic rings. The molecule has 1 aliphatic heterocycles. The van der Waals surface area contributed by atoms with E-state index in [-0.39, 0.29) is 0 Å². The van der Waals surface area contributed by atoms with Crippen LogP contribution in [0.5, 0.6) is 0 Å². The van der Waals surface area contributed by atoms with Crippen molar-refractivity contribution in [2.24, 2.45) is 5.73 Å². The van der Waals surface area contributed by atoms with Gasteiger partial charge in [0.2, 0.25) is 0 Å². The molecule has 0 saturated carbocycles. The van der Waals surface area contributed by atoms with Gasteiger partial charge >= 0.3 is 0 Å². The lowest BCUT2D eigenvalue weighted by Crippen LogP contribution is -2.30. The van der Waals surface area contributed by atoms with Crippen LogP contribution in [-0.2, 0) is 0 Å². The highest BCUT2D eigenvalue weighted by Gasteiger charge is 2.12. The molecule has 0 unspecified atom stereocenters. The molecule has 1 saturated heterocycles. The molecular weight excluding hydrogens is 228 g/mol. The maximum absolute atomic E-state index is 6.15. The van der Waals surface area contributed by atoms with Crippen LogP contribution in [0.1, 0.15) is 19.3 Å². The fourth-order valence-corrected chi connectivity index (χ4v) is 3.08. The van der Waals surface area contributed by atoms with Crippen molar-refractivity contribution < 1.29 is 0 Å². The van der Waals surface area contributed by atoms with E-state index in [0.29, 0.717) is 6.04 Å². The van der Waals surface area contributed by atoms with E-state index in [1.807, 2.05) is 11.8 Å². The Morgan fingerprint density at radius 2 is 1.88 bits per heavy atom. The lowest BCUT2D eigenvalue weighted by atomic mass is 10.2. The van der Waals surface area contributed by atoms with Gasteiger partial charge in [0, 0.05) is 16.7 Å². The van der Waals surface area contributed by atoms with E-state index >= 15 is 0 Å². The molecule has 1 heterocycles. The molecule has 0 bridgehead atoms. The Labute approximate surface area is 109 Å². The molecule has 1 fully saturated rings. The largest absolute Gasteiger partial charge is 0.327 e. The van der Waals surface area contributed by atoms with Crippen LogP contribution in [0.15, 0.2) is 35.2 Å². The molecule has 1 aromatic carbocycles. The van der Waals surface area contributed by atoms with Gasteiger partial charge in [-0.15, -0.1) is 11.8 Å². The van der Waals surface area contributed by atoms with Gasteiger partial charge in [-0.05, 0) is 51.0 Å². The number of nitrogens with two attached hydrogens (primary N) is 1. The summed E-state index contributed by atoms with van der Waals surface area (Å²) in [5, 5.41) is 0. The molecule has 2 rings (SSSR count). The number of thioether (sulfide) groups is 1. The molecule has 0 aromatic heterocycles. The Morgan fingerprint density at radius 1 is 1.18 bits per heavy atom. The summed E-state index contributed by atoms with van der Waals surface area (Å²) in [5.41, 5.74) is 6.15. The fourth-order valence-electron chi connectivity index (χ4n) is 2.16. The van der Waals surface area contributed by atoms with Gasteiger partial charge in [0.25, 0.3) is 0 Å². The van der Waals surface area contributed by atoms with E-state index in [2.05, 4.69) is 35.2 Å². The minimum atomic E-state index is 0.320. The molecule has 2 N–H and O–H groups in total. The highest BCUT2D eigenvalue weighted by atomic mass is 32.2. The second-order valence-corrected chi connectivity index (χ2v) is 5.81. The molecule has 1 aliphatic rings. The molecule has 17 heavy (non-hydrogen) atoms. The third kappa shape index (κ3) is 4.70. The normalized spacial score (nSPS) is 18.4. The first kappa shape index (κ1) is 12.9. The summed E-state index contributed by atoms with van der Waals surface area (Å²) >= 11 is 1.87. The van der Waals surface area contributed by atoms with Crippen LogP contribution in [0.4, 0.5) is 0 Å². The SMILES string of the molecule is N[C@H](CCN1CCCC1)CSc1ccccc1. The summed E-state index contributed by atoms with van der Waals surface area (Å²) in [7, 11) is 0. The first-order chi connectivity index (χ1) is 8.34. The van der Waals surface area contributed by atoms with Crippen molar-refractivity contribution in [2.45, 2.75) is 30.2 Å². The van der Waals surface area contributed by atoms with Crippen LogP contribution in [0.25, 0.3) is 0 Å². The predicted molar refractivity (Wildman–Crippen MR) is 75.4 cm³/mol. The van der Waals surface area contributed by atoms with E-state index in [1.165, 1.54) is 37.4 Å². The van der Waals surface area contributed by atoms with E-state index in [9.17, 15) is 0 Å². The molecule has 0 spiro atoms. The van der Waals surface area contributed by atoms with Gasteiger partial charge in [0.05, 0.1) is 0 Å². The number of nitrogens with zero attached hydrogens (tertiary/aromatic N) is 1. The summed E-state index contributed by atoms with van der Waals surface area (Å²) in [6.45, 7) is 3.73. The van der Waals surface area contributed by atoms with Gasteiger partial charge in [-0.2, -0.15) is 0 Å². The van der Waals surface area contributed by atoms with Crippen LogP contribution in [0, 0.1) is 0 Å².